The number of nitrogens with zero attached hydrogens (tertiary/aromatic N) is 1. The first-order valence-electron chi connectivity index (χ1n) is 4.46. The maximum absolute atomic E-state index is 10.6. The van der Waals surface area contributed by atoms with Crippen molar-refractivity contribution < 1.29 is 4.79 Å². The molecule has 5 heteroatoms. The minimum Gasteiger partial charge on any atom is -0.368 e. The van der Waals surface area contributed by atoms with Crippen molar-refractivity contribution in [2.45, 2.75) is 12.5 Å². The molecule has 0 aromatic carbocycles. The Morgan fingerprint density at radius 2 is 2.23 bits per heavy atom. The van der Waals surface area contributed by atoms with Gasteiger partial charge in [0.05, 0.1) is 6.04 Å². The van der Waals surface area contributed by atoms with E-state index >= 15 is 0 Å². The Morgan fingerprint density at radius 1 is 1.62 bits per heavy atom. The fourth-order valence-corrected chi connectivity index (χ4v) is 1.04. The van der Waals surface area contributed by atoms with E-state index in [1.54, 1.807) is 0 Å². The van der Waals surface area contributed by atoms with Gasteiger partial charge in [-0.15, -0.1) is 0 Å². The largest absolute Gasteiger partial charge is 0.368 e. The van der Waals surface area contributed by atoms with E-state index in [0.29, 0.717) is 6.54 Å². The molecule has 0 aliphatic carbocycles. The van der Waals surface area contributed by atoms with Gasteiger partial charge in [-0.1, -0.05) is 0 Å². The van der Waals surface area contributed by atoms with Crippen LogP contribution in [0.25, 0.3) is 0 Å². The van der Waals surface area contributed by atoms with Gasteiger partial charge in [-0.05, 0) is 33.6 Å². The van der Waals surface area contributed by atoms with Crippen LogP contribution in [0.1, 0.15) is 6.42 Å². The molecule has 1 atom stereocenters. The van der Waals surface area contributed by atoms with Gasteiger partial charge < -0.3 is 21.7 Å². The van der Waals surface area contributed by atoms with Crippen LogP contribution in [0.3, 0.4) is 0 Å². The van der Waals surface area contributed by atoms with Crippen LogP contribution in [0.5, 0.6) is 0 Å². The van der Waals surface area contributed by atoms with Crippen molar-refractivity contribution in [1.29, 1.82) is 0 Å². The summed E-state index contributed by atoms with van der Waals surface area (Å²) in [5.74, 6) is -0.444. The highest BCUT2D eigenvalue weighted by Crippen LogP contribution is 1.88. The minimum atomic E-state index is -0.556. The standard InChI is InChI=1S/C8H20N4O/c1-11-4-3-5-12(2)6-7(9)8(10)13/h7,11H,3-6,9H2,1-2H3,(H2,10,13). The van der Waals surface area contributed by atoms with Gasteiger partial charge in [0.15, 0.2) is 0 Å². The third-order valence-electron chi connectivity index (χ3n) is 1.84. The summed E-state index contributed by atoms with van der Waals surface area (Å²) in [5.41, 5.74) is 10.5. The maximum atomic E-state index is 10.6. The molecule has 0 aliphatic rings. The summed E-state index contributed by atoms with van der Waals surface area (Å²) in [4.78, 5) is 12.6. The zero-order valence-corrected chi connectivity index (χ0v) is 8.42. The van der Waals surface area contributed by atoms with Gasteiger partial charge >= 0.3 is 0 Å². The van der Waals surface area contributed by atoms with E-state index in [1.165, 1.54) is 0 Å². The third-order valence-corrected chi connectivity index (χ3v) is 1.84. The highest BCUT2D eigenvalue weighted by molar-refractivity contribution is 5.79. The second-order valence-corrected chi connectivity index (χ2v) is 3.23. The van der Waals surface area contributed by atoms with Crippen molar-refractivity contribution in [3.05, 3.63) is 0 Å². The predicted octanol–water partition coefficient (Wildman–Crippen LogP) is -1.66. The summed E-state index contributed by atoms with van der Waals surface area (Å²) >= 11 is 0. The van der Waals surface area contributed by atoms with Crippen molar-refractivity contribution >= 4 is 5.91 Å². The van der Waals surface area contributed by atoms with Gasteiger partial charge in [-0.25, -0.2) is 0 Å². The molecule has 0 saturated heterocycles. The lowest BCUT2D eigenvalue weighted by Gasteiger charge is -2.18. The van der Waals surface area contributed by atoms with Gasteiger partial charge in [0.1, 0.15) is 0 Å². The lowest BCUT2D eigenvalue weighted by molar-refractivity contribution is -0.119. The molecule has 0 radical (unpaired) electrons. The molecule has 0 aromatic heterocycles. The fraction of sp³-hybridized carbons (Fsp3) is 0.875. The molecule has 0 heterocycles. The molecule has 0 aromatic rings. The van der Waals surface area contributed by atoms with Crippen LogP contribution < -0.4 is 16.8 Å². The summed E-state index contributed by atoms with van der Waals surface area (Å²) in [7, 11) is 3.84. The Bertz CT molecular complexity index is 151. The molecule has 13 heavy (non-hydrogen) atoms. The van der Waals surface area contributed by atoms with Crippen molar-refractivity contribution in [3.8, 4) is 0 Å². The topological polar surface area (TPSA) is 84.4 Å². The molecule has 5 N–H and O–H groups in total. The van der Waals surface area contributed by atoms with Crippen LogP contribution in [0, 0.1) is 0 Å². The molecule has 0 rings (SSSR count). The van der Waals surface area contributed by atoms with E-state index in [4.69, 9.17) is 11.5 Å². The summed E-state index contributed by atoms with van der Waals surface area (Å²) in [6.45, 7) is 2.41. The highest BCUT2D eigenvalue weighted by atomic mass is 16.1. The Morgan fingerprint density at radius 3 is 2.69 bits per heavy atom. The van der Waals surface area contributed by atoms with Crippen LogP contribution in [0.15, 0.2) is 0 Å². The number of nitrogens with one attached hydrogen (secondary N) is 1. The SMILES string of the molecule is CNCCCN(C)CC(N)C(N)=O. The van der Waals surface area contributed by atoms with Gasteiger partial charge in [-0.2, -0.15) is 0 Å². The molecule has 1 amide bonds. The van der Waals surface area contributed by atoms with E-state index in [2.05, 4.69) is 5.32 Å². The smallest absolute Gasteiger partial charge is 0.235 e. The van der Waals surface area contributed by atoms with Crippen LogP contribution in [0.2, 0.25) is 0 Å². The number of hydrogen-bond acceptors (Lipinski definition) is 4. The molecule has 78 valence electrons. The number of hydrogen-bond donors (Lipinski definition) is 3. The molecule has 5 nitrogen and oxygen atoms in total. The van der Waals surface area contributed by atoms with Gasteiger partial charge in [0.25, 0.3) is 0 Å². The zero-order chi connectivity index (χ0) is 10.3. The molecule has 1 unspecified atom stereocenters. The van der Waals surface area contributed by atoms with Gasteiger partial charge in [0, 0.05) is 6.54 Å². The van der Waals surface area contributed by atoms with Crippen molar-refractivity contribution in [2.24, 2.45) is 11.5 Å². The highest BCUT2D eigenvalue weighted by Gasteiger charge is 2.11. The van der Waals surface area contributed by atoms with E-state index in [9.17, 15) is 4.79 Å². The lowest BCUT2D eigenvalue weighted by Crippen LogP contribution is -2.45. The molecule has 0 fully saturated rings. The van der Waals surface area contributed by atoms with Crippen molar-refractivity contribution in [2.75, 3.05) is 33.7 Å². The van der Waals surface area contributed by atoms with Crippen LogP contribution in [-0.4, -0.2) is 50.6 Å². The molecule has 0 spiro atoms. The first-order chi connectivity index (χ1) is 6.07. The van der Waals surface area contributed by atoms with Crippen molar-refractivity contribution in [3.63, 3.8) is 0 Å². The second kappa shape index (κ2) is 6.82. The fourth-order valence-electron chi connectivity index (χ4n) is 1.04. The van der Waals surface area contributed by atoms with Crippen LogP contribution >= 0.6 is 0 Å². The predicted molar refractivity (Wildman–Crippen MR) is 53.2 cm³/mol. The molecule has 0 bridgehead atoms. The summed E-state index contributed by atoms with van der Waals surface area (Å²) < 4.78 is 0. The number of amides is 1. The lowest BCUT2D eigenvalue weighted by atomic mass is 10.2. The number of carbonyl (C=O) groups excluding carboxylic acids is 1. The van der Waals surface area contributed by atoms with E-state index in [0.717, 1.165) is 19.5 Å². The van der Waals surface area contributed by atoms with E-state index in [1.807, 2.05) is 19.0 Å². The average Bonchev–Trinajstić information content (AvgIpc) is 2.04. The quantitative estimate of drug-likeness (QED) is 0.418. The summed E-state index contributed by atoms with van der Waals surface area (Å²) in [5, 5.41) is 3.05. The minimum absolute atomic E-state index is 0.444. The molecular weight excluding hydrogens is 168 g/mol. The van der Waals surface area contributed by atoms with Crippen LogP contribution in [-0.2, 0) is 4.79 Å². The number of primary amides is 1. The van der Waals surface area contributed by atoms with Gasteiger partial charge in [-0.3, -0.25) is 4.79 Å². The first kappa shape index (κ1) is 12.3. The zero-order valence-electron chi connectivity index (χ0n) is 8.42. The molecule has 0 aliphatic heterocycles. The van der Waals surface area contributed by atoms with Gasteiger partial charge in [0.2, 0.25) is 5.91 Å². The van der Waals surface area contributed by atoms with E-state index in [-0.39, 0.29) is 0 Å². The van der Waals surface area contributed by atoms with Crippen LogP contribution in [0.4, 0.5) is 0 Å². The Kier molecular flexibility index (Phi) is 6.48. The Labute approximate surface area is 79.4 Å². The van der Waals surface area contributed by atoms with Crippen molar-refractivity contribution in [1.82, 2.24) is 10.2 Å². The molecule has 0 saturated carbocycles. The monoisotopic (exact) mass is 188 g/mol. The second-order valence-electron chi connectivity index (χ2n) is 3.23. The summed E-state index contributed by atoms with van der Waals surface area (Å²) in [6.07, 6.45) is 1.04. The number of carbonyl (C=O) groups is 1. The number of likely N-dealkylation sites (N-methyl/N-ethyl adjacent to an activating group) is 1. The van der Waals surface area contributed by atoms with E-state index < -0.39 is 11.9 Å². The number of nitrogens with two attached hydrogens (primary N) is 2. The summed E-state index contributed by atoms with van der Waals surface area (Å²) in [6, 6.07) is -0.556. The maximum Gasteiger partial charge on any atom is 0.235 e. The normalized spacial score (nSPS) is 13.2. The Balaban J connectivity index is 3.49. The first-order valence-corrected chi connectivity index (χ1v) is 4.46. The third kappa shape index (κ3) is 6.51. The Hall–Kier alpha value is -0.650. The number of rotatable bonds is 7. The molecular formula is C8H20N4O. The average molecular weight is 188 g/mol.